The molecule has 0 aromatic heterocycles. The fourth-order valence-electron chi connectivity index (χ4n) is 1.57. The van der Waals surface area contributed by atoms with E-state index in [9.17, 15) is 0 Å². The van der Waals surface area contributed by atoms with Gasteiger partial charge in [0, 0.05) is 12.7 Å². The number of hydrogen-bond donors (Lipinski definition) is 1. The molecule has 2 heterocycles. The first-order valence-corrected chi connectivity index (χ1v) is 4.11. The SMILES string of the molecule is CC1(C)C=C2C=CNN2CC1. The molecule has 0 bridgehead atoms. The van der Waals surface area contributed by atoms with Crippen LogP contribution in [0.1, 0.15) is 20.3 Å². The Hall–Kier alpha value is -0.920. The van der Waals surface area contributed by atoms with E-state index in [1.165, 1.54) is 12.1 Å². The smallest absolute Gasteiger partial charge is 0.0552 e. The van der Waals surface area contributed by atoms with Gasteiger partial charge in [-0.3, -0.25) is 5.01 Å². The molecule has 0 aromatic carbocycles. The number of fused-ring (bicyclic) bond motifs is 1. The maximum Gasteiger partial charge on any atom is 0.0552 e. The van der Waals surface area contributed by atoms with Crippen molar-refractivity contribution in [1.82, 2.24) is 10.4 Å². The maximum absolute atomic E-state index is 3.18. The van der Waals surface area contributed by atoms with Crippen LogP contribution in [0.25, 0.3) is 0 Å². The van der Waals surface area contributed by atoms with E-state index in [4.69, 9.17) is 0 Å². The summed E-state index contributed by atoms with van der Waals surface area (Å²) in [4.78, 5) is 0. The number of rotatable bonds is 0. The molecule has 2 aliphatic heterocycles. The number of nitrogens with one attached hydrogen (secondary N) is 1. The Morgan fingerprint density at radius 3 is 3.18 bits per heavy atom. The van der Waals surface area contributed by atoms with Gasteiger partial charge in [0.05, 0.1) is 5.70 Å². The van der Waals surface area contributed by atoms with Gasteiger partial charge in [-0.25, -0.2) is 0 Å². The highest BCUT2D eigenvalue weighted by Crippen LogP contribution is 2.31. The van der Waals surface area contributed by atoms with Crippen molar-refractivity contribution >= 4 is 0 Å². The highest BCUT2D eigenvalue weighted by atomic mass is 15.5. The van der Waals surface area contributed by atoms with Crippen LogP contribution < -0.4 is 5.43 Å². The molecule has 2 aliphatic rings. The molecule has 0 unspecified atom stereocenters. The van der Waals surface area contributed by atoms with Crippen LogP contribution in [0.15, 0.2) is 24.0 Å². The van der Waals surface area contributed by atoms with E-state index in [1.54, 1.807) is 0 Å². The molecule has 2 heteroatoms. The predicted octanol–water partition coefficient (Wildman–Crippen LogP) is 1.63. The Kier molecular flexibility index (Phi) is 1.25. The number of nitrogens with zero attached hydrogens (tertiary/aromatic N) is 1. The molecular weight excluding hydrogens is 136 g/mol. The number of hydrogen-bond acceptors (Lipinski definition) is 2. The molecule has 0 amide bonds. The van der Waals surface area contributed by atoms with Crippen molar-refractivity contribution in [3.8, 4) is 0 Å². The summed E-state index contributed by atoms with van der Waals surface area (Å²) in [7, 11) is 0. The highest BCUT2D eigenvalue weighted by molar-refractivity contribution is 5.25. The van der Waals surface area contributed by atoms with Crippen LogP contribution in [-0.4, -0.2) is 11.6 Å². The predicted molar refractivity (Wildman–Crippen MR) is 45.5 cm³/mol. The second-order valence-corrected chi connectivity index (χ2v) is 3.92. The number of allylic oxidation sites excluding steroid dienone is 2. The Bertz CT molecular complexity index is 226. The van der Waals surface area contributed by atoms with Crippen molar-refractivity contribution in [2.45, 2.75) is 20.3 Å². The standard InChI is InChI=1S/C9H14N2/c1-9(2)4-6-11-8(7-9)3-5-10-11/h3,5,7,10H,4,6H2,1-2H3. The van der Waals surface area contributed by atoms with Crippen molar-refractivity contribution in [2.75, 3.05) is 6.54 Å². The monoisotopic (exact) mass is 150 g/mol. The average molecular weight is 150 g/mol. The van der Waals surface area contributed by atoms with Gasteiger partial charge < -0.3 is 5.43 Å². The lowest BCUT2D eigenvalue weighted by Crippen LogP contribution is -2.36. The quantitative estimate of drug-likeness (QED) is 0.564. The number of hydrazine groups is 1. The topological polar surface area (TPSA) is 15.3 Å². The molecule has 0 aliphatic carbocycles. The summed E-state index contributed by atoms with van der Waals surface area (Å²) in [5.74, 6) is 0. The molecule has 2 nitrogen and oxygen atoms in total. The van der Waals surface area contributed by atoms with Gasteiger partial charge in [0.25, 0.3) is 0 Å². The van der Waals surface area contributed by atoms with Gasteiger partial charge in [-0.2, -0.15) is 0 Å². The van der Waals surface area contributed by atoms with E-state index < -0.39 is 0 Å². The van der Waals surface area contributed by atoms with Gasteiger partial charge in [0.1, 0.15) is 0 Å². The van der Waals surface area contributed by atoms with Crippen LogP contribution in [0.5, 0.6) is 0 Å². The van der Waals surface area contributed by atoms with Crippen LogP contribution in [0.4, 0.5) is 0 Å². The summed E-state index contributed by atoms with van der Waals surface area (Å²) < 4.78 is 0. The molecule has 0 spiro atoms. The third kappa shape index (κ3) is 1.13. The zero-order valence-electron chi connectivity index (χ0n) is 7.09. The van der Waals surface area contributed by atoms with Gasteiger partial charge >= 0.3 is 0 Å². The van der Waals surface area contributed by atoms with Crippen LogP contribution in [-0.2, 0) is 0 Å². The third-order valence-corrected chi connectivity index (χ3v) is 2.31. The molecule has 60 valence electrons. The largest absolute Gasteiger partial charge is 0.306 e. The van der Waals surface area contributed by atoms with Crippen molar-refractivity contribution in [3.63, 3.8) is 0 Å². The second-order valence-electron chi connectivity index (χ2n) is 3.92. The van der Waals surface area contributed by atoms with Crippen molar-refractivity contribution in [1.29, 1.82) is 0 Å². The average Bonchev–Trinajstić information content (AvgIpc) is 2.31. The highest BCUT2D eigenvalue weighted by Gasteiger charge is 2.25. The normalized spacial score (nSPS) is 26.0. The van der Waals surface area contributed by atoms with E-state index in [0.29, 0.717) is 5.41 Å². The summed E-state index contributed by atoms with van der Waals surface area (Å²) >= 11 is 0. The maximum atomic E-state index is 3.18. The van der Waals surface area contributed by atoms with E-state index in [0.717, 1.165) is 6.54 Å². The van der Waals surface area contributed by atoms with Crippen molar-refractivity contribution in [3.05, 3.63) is 24.0 Å². The first-order valence-electron chi connectivity index (χ1n) is 4.11. The molecule has 1 N–H and O–H groups in total. The summed E-state index contributed by atoms with van der Waals surface area (Å²) in [5, 5.41) is 2.19. The fourth-order valence-corrected chi connectivity index (χ4v) is 1.57. The van der Waals surface area contributed by atoms with Crippen LogP contribution in [0.3, 0.4) is 0 Å². The molecule has 0 fully saturated rings. The Balaban J connectivity index is 2.28. The summed E-state index contributed by atoms with van der Waals surface area (Å²) in [5.41, 5.74) is 4.88. The first kappa shape index (κ1) is 6.77. The molecule has 0 saturated heterocycles. The summed E-state index contributed by atoms with van der Waals surface area (Å²) in [6.07, 6.45) is 7.67. The summed E-state index contributed by atoms with van der Waals surface area (Å²) in [6.45, 7) is 5.68. The fraction of sp³-hybridized carbons (Fsp3) is 0.556. The first-order chi connectivity index (χ1) is 5.17. The Labute approximate surface area is 67.5 Å². The van der Waals surface area contributed by atoms with E-state index >= 15 is 0 Å². The lowest BCUT2D eigenvalue weighted by atomic mass is 9.86. The van der Waals surface area contributed by atoms with E-state index in [-0.39, 0.29) is 0 Å². The van der Waals surface area contributed by atoms with Crippen molar-refractivity contribution in [2.24, 2.45) is 5.41 Å². The van der Waals surface area contributed by atoms with Gasteiger partial charge in [-0.1, -0.05) is 19.9 Å². The van der Waals surface area contributed by atoms with Crippen LogP contribution >= 0.6 is 0 Å². The minimum Gasteiger partial charge on any atom is -0.306 e. The van der Waals surface area contributed by atoms with Crippen LogP contribution in [0.2, 0.25) is 0 Å². The van der Waals surface area contributed by atoms with Crippen LogP contribution in [0, 0.1) is 5.41 Å². The molecule has 11 heavy (non-hydrogen) atoms. The Morgan fingerprint density at radius 1 is 1.55 bits per heavy atom. The molecule has 0 atom stereocenters. The summed E-state index contributed by atoms with van der Waals surface area (Å²) in [6, 6.07) is 0. The molecule has 0 aromatic rings. The lowest BCUT2D eigenvalue weighted by molar-refractivity contribution is 0.236. The Morgan fingerprint density at radius 2 is 2.36 bits per heavy atom. The van der Waals surface area contributed by atoms with Crippen molar-refractivity contribution < 1.29 is 0 Å². The van der Waals surface area contributed by atoms with Gasteiger partial charge in [0.15, 0.2) is 0 Å². The minimum absolute atomic E-state index is 0.377. The molecule has 2 rings (SSSR count). The van der Waals surface area contributed by atoms with E-state index in [2.05, 4.69) is 36.4 Å². The zero-order chi connectivity index (χ0) is 7.90. The lowest BCUT2D eigenvalue weighted by Gasteiger charge is -2.33. The van der Waals surface area contributed by atoms with Gasteiger partial charge in [-0.15, -0.1) is 0 Å². The molecule has 0 radical (unpaired) electrons. The minimum atomic E-state index is 0.377. The second kappa shape index (κ2) is 2.03. The molecule has 0 saturated carbocycles. The zero-order valence-corrected chi connectivity index (χ0v) is 7.09. The third-order valence-electron chi connectivity index (χ3n) is 2.31. The van der Waals surface area contributed by atoms with E-state index in [1.807, 2.05) is 6.20 Å². The van der Waals surface area contributed by atoms with Gasteiger partial charge in [-0.05, 0) is 17.9 Å². The molecular formula is C9H14N2. The van der Waals surface area contributed by atoms with Gasteiger partial charge in [0.2, 0.25) is 0 Å².